The Hall–Kier alpha value is -1.09. The van der Waals surface area contributed by atoms with Gasteiger partial charge in [0.05, 0.1) is 6.10 Å². The molecule has 0 aliphatic heterocycles. The molecule has 0 amide bonds. The van der Waals surface area contributed by atoms with Gasteiger partial charge >= 0.3 is 0 Å². The standard InChI is InChI=1S/C11H18N2O/c1-4-10(14)7-12-11-6-8(2)5-9(3)13-11/h5-6,10,14H,4,7H2,1-3H3,(H,12,13). The Kier molecular flexibility index (Phi) is 3.89. The SMILES string of the molecule is CCC(O)CNc1cc(C)cc(C)n1. The molecule has 1 atom stereocenters. The normalized spacial score (nSPS) is 12.6. The summed E-state index contributed by atoms with van der Waals surface area (Å²) in [6, 6.07) is 4.01. The monoisotopic (exact) mass is 194 g/mol. The van der Waals surface area contributed by atoms with E-state index >= 15 is 0 Å². The van der Waals surface area contributed by atoms with Crippen molar-refractivity contribution >= 4 is 5.82 Å². The zero-order valence-corrected chi connectivity index (χ0v) is 9.04. The maximum Gasteiger partial charge on any atom is 0.126 e. The van der Waals surface area contributed by atoms with E-state index in [-0.39, 0.29) is 6.10 Å². The van der Waals surface area contributed by atoms with Gasteiger partial charge in [0.1, 0.15) is 5.82 Å². The van der Waals surface area contributed by atoms with Crippen molar-refractivity contribution in [2.45, 2.75) is 33.3 Å². The van der Waals surface area contributed by atoms with E-state index in [1.54, 1.807) is 0 Å². The molecule has 0 aliphatic rings. The summed E-state index contributed by atoms with van der Waals surface area (Å²) in [6.45, 7) is 6.53. The topological polar surface area (TPSA) is 45.1 Å². The molecule has 0 aromatic carbocycles. The predicted molar refractivity (Wildman–Crippen MR) is 58.5 cm³/mol. The molecule has 1 aromatic rings. The van der Waals surface area contributed by atoms with Crippen LogP contribution in [0.15, 0.2) is 12.1 Å². The average Bonchev–Trinajstić information content (AvgIpc) is 2.12. The van der Waals surface area contributed by atoms with E-state index in [4.69, 9.17) is 0 Å². The van der Waals surface area contributed by atoms with Gasteiger partial charge in [-0.25, -0.2) is 4.98 Å². The van der Waals surface area contributed by atoms with Crippen LogP contribution < -0.4 is 5.32 Å². The molecule has 14 heavy (non-hydrogen) atoms. The van der Waals surface area contributed by atoms with E-state index in [1.807, 2.05) is 32.9 Å². The summed E-state index contributed by atoms with van der Waals surface area (Å²) in [5.41, 5.74) is 2.18. The fraction of sp³-hybridized carbons (Fsp3) is 0.545. The van der Waals surface area contributed by atoms with Gasteiger partial charge in [0.25, 0.3) is 0 Å². The number of aryl methyl sites for hydroxylation is 2. The lowest BCUT2D eigenvalue weighted by Crippen LogP contribution is -2.18. The summed E-state index contributed by atoms with van der Waals surface area (Å²) in [6.07, 6.45) is 0.468. The van der Waals surface area contributed by atoms with Gasteiger partial charge in [-0.2, -0.15) is 0 Å². The Morgan fingerprint density at radius 1 is 1.43 bits per heavy atom. The molecule has 0 saturated heterocycles. The summed E-state index contributed by atoms with van der Waals surface area (Å²) in [5, 5.41) is 12.5. The van der Waals surface area contributed by atoms with Crippen molar-refractivity contribution < 1.29 is 5.11 Å². The Balaban J connectivity index is 2.58. The van der Waals surface area contributed by atoms with Gasteiger partial charge < -0.3 is 10.4 Å². The lowest BCUT2D eigenvalue weighted by atomic mass is 10.2. The molecule has 3 nitrogen and oxygen atoms in total. The van der Waals surface area contributed by atoms with Crippen molar-refractivity contribution in [1.29, 1.82) is 0 Å². The Bertz CT molecular complexity index is 279. The van der Waals surface area contributed by atoms with E-state index in [0.29, 0.717) is 6.54 Å². The highest BCUT2D eigenvalue weighted by Gasteiger charge is 2.01. The molecule has 1 aromatic heterocycles. The van der Waals surface area contributed by atoms with E-state index in [0.717, 1.165) is 17.9 Å². The number of pyridine rings is 1. The highest BCUT2D eigenvalue weighted by molar-refractivity contribution is 5.39. The zero-order chi connectivity index (χ0) is 10.6. The summed E-state index contributed by atoms with van der Waals surface area (Å²) in [5.74, 6) is 0.843. The van der Waals surface area contributed by atoms with Crippen LogP contribution in [0.2, 0.25) is 0 Å². The summed E-state index contributed by atoms with van der Waals surface area (Å²) < 4.78 is 0. The fourth-order valence-corrected chi connectivity index (χ4v) is 1.30. The number of rotatable bonds is 4. The van der Waals surface area contributed by atoms with E-state index in [2.05, 4.69) is 10.3 Å². The van der Waals surface area contributed by atoms with Crippen LogP contribution in [0, 0.1) is 13.8 Å². The largest absolute Gasteiger partial charge is 0.391 e. The van der Waals surface area contributed by atoms with E-state index in [9.17, 15) is 5.11 Å². The van der Waals surface area contributed by atoms with Crippen LogP contribution in [0.25, 0.3) is 0 Å². The molecule has 0 saturated carbocycles. The Morgan fingerprint density at radius 2 is 2.14 bits per heavy atom. The van der Waals surface area contributed by atoms with Crippen LogP contribution in [0.5, 0.6) is 0 Å². The number of hydrogen-bond acceptors (Lipinski definition) is 3. The maximum absolute atomic E-state index is 9.37. The predicted octanol–water partition coefficient (Wildman–Crippen LogP) is 1.88. The number of nitrogens with zero attached hydrogens (tertiary/aromatic N) is 1. The summed E-state index contributed by atoms with van der Waals surface area (Å²) >= 11 is 0. The fourth-order valence-electron chi connectivity index (χ4n) is 1.30. The van der Waals surface area contributed by atoms with Gasteiger partial charge in [0.15, 0.2) is 0 Å². The first kappa shape index (κ1) is 11.0. The van der Waals surface area contributed by atoms with Crippen molar-refractivity contribution in [3.05, 3.63) is 23.4 Å². The molecule has 0 radical (unpaired) electrons. The maximum atomic E-state index is 9.37. The van der Waals surface area contributed by atoms with Crippen molar-refractivity contribution in [2.75, 3.05) is 11.9 Å². The molecular formula is C11H18N2O. The number of hydrogen-bond donors (Lipinski definition) is 2. The molecule has 0 fully saturated rings. The first-order valence-corrected chi connectivity index (χ1v) is 4.99. The average molecular weight is 194 g/mol. The van der Waals surface area contributed by atoms with Gasteiger partial charge in [-0.3, -0.25) is 0 Å². The number of aromatic nitrogens is 1. The van der Waals surface area contributed by atoms with Crippen molar-refractivity contribution in [2.24, 2.45) is 0 Å². The van der Waals surface area contributed by atoms with Crippen LogP contribution in [0.1, 0.15) is 24.6 Å². The molecule has 78 valence electrons. The molecule has 1 rings (SSSR count). The first-order valence-electron chi connectivity index (χ1n) is 4.99. The molecular weight excluding hydrogens is 176 g/mol. The molecule has 0 aliphatic carbocycles. The Labute approximate surface area is 85.2 Å². The minimum absolute atomic E-state index is 0.294. The van der Waals surface area contributed by atoms with E-state index in [1.165, 1.54) is 5.56 Å². The second-order valence-electron chi connectivity index (χ2n) is 3.61. The van der Waals surface area contributed by atoms with Gasteiger partial charge in [0.2, 0.25) is 0 Å². The second kappa shape index (κ2) is 4.96. The van der Waals surface area contributed by atoms with Crippen molar-refractivity contribution in [3.8, 4) is 0 Å². The third-order valence-electron chi connectivity index (χ3n) is 2.09. The highest BCUT2D eigenvalue weighted by atomic mass is 16.3. The number of anilines is 1. The van der Waals surface area contributed by atoms with Crippen LogP contribution >= 0.6 is 0 Å². The van der Waals surface area contributed by atoms with Crippen LogP contribution in [-0.4, -0.2) is 22.7 Å². The Morgan fingerprint density at radius 3 is 2.71 bits per heavy atom. The summed E-state index contributed by atoms with van der Waals surface area (Å²) in [4.78, 5) is 4.32. The smallest absolute Gasteiger partial charge is 0.126 e. The van der Waals surface area contributed by atoms with Crippen molar-refractivity contribution in [3.63, 3.8) is 0 Å². The summed E-state index contributed by atoms with van der Waals surface area (Å²) in [7, 11) is 0. The lowest BCUT2D eigenvalue weighted by molar-refractivity contribution is 0.183. The highest BCUT2D eigenvalue weighted by Crippen LogP contribution is 2.08. The molecule has 0 spiro atoms. The van der Waals surface area contributed by atoms with Crippen LogP contribution in [0.4, 0.5) is 5.82 Å². The molecule has 0 bridgehead atoms. The third-order valence-corrected chi connectivity index (χ3v) is 2.09. The minimum atomic E-state index is -0.294. The first-order chi connectivity index (χ1) is 6.61. The molecule has 1 heterocycles. The number of nitrogens with one attached hydrogen (secondary N) is 1. The van der Waals surface area contributed by atoms with Crippen LogP contribution in [0.3, 0.4) is 0 Å². The number of aliphatic hydroxyl groups is 1. The molecule has 3 heteroatoms. The van der Waals surface area contributed by atoms with Gasteiger partial charge in [-0.1, -0.05) is 6.92 Å². The minimum Gasteiger partial charge on any atom is -0.391 e. The molecule has 1 unspecified atom stereocenters. The lowest BCUT2D eigenvalue weighted by Gasteiger charge is -2.10. The zero-order valence-electron chi connectivity index (χ0n) is 9.04. The van der Waals surface area contributed by atoms with Gasteiger partial charge in [-0.05, 0) is 38.0 Å². The third kappa shape index (κ3) is 3.34. The van der Waals surface area contributed by atoms with E-state index < -0.39 is 0 Å². The van der Waals surface area contributed by atoms with Crippen LogP contribution in [-0.2, 0) is 0 Å². The quantitative estimate of drug-likeness (QED) is 0.769. The van der Waals surface area contributed by atoms with Gasteiger partial charge in [-0.15, -0.1) is 0 Å². The molecule has 2 N–H and O–H groups in total. The second-order valence-corrected chi connectivity index (χ2v) is 3.61. The van der Waals surface area contributed by atoms with Gasteiger partial charge in [0, 0.05) is 12.2 Å². The number of aliphatic hydroxyl groups excluding tert-OH is 1. The van der Waals surface area contributed by atoms with Crippen molar-refractivity contribution in [1.82, 2.24) is 4.98 Å².